The molecule has 0 radical (unpaired) electrons. The van der Waals surface area contributed by atoms with Gasteiger partial charge in [-0.3, -0.25) is 0 Å². The maximum absolute atomic E-state index is 8.53. The smallest absolute Gasteiger partial charge is 0.0708 e. The fraction of sp³-hybridized carbons (Fsp3) is 1.00. The lowest BCUT2D eigenvalue weighted by atomic mass is 9.88. The highest BCUT2D eigenvalue weighted by Crippen LogP contribution is 2.26. The van der Waals surface area contributed by atoms with Gasteiger partial charge in [-0.15, -0.1) is 0 Å². The summed E-state index contributed by atoms with van der Waals surface area (Å²) in [4.78, 5) is 0. The first-order chi connectivity index (χ1) is 7.06. The first-order valence-corrected chi connectivity index (χ1v) is 5.89. The van der Waals surface area contributed by atoms with E-state index >= 15 is 0 Å². The average Bonchev–Trinajstić information content (AvgIpc) is 2.18. The molecule has 0 heterocycles. The maximum Gasteiger partial charge on any atom is 0.0708 e. The van der Waals surface area contributed by atoms with Crippen LogP contribution in [0.1, 0.15) is 40.5 Å². The van der Waals surface area contributed by atoms with Crippen molar-refractivity contribution in [1.29, 1.82) is 0 Å². The molecule has 0 aliphatic rings. The molecule has 0 amide bonds. The van der Waals surface area contributed by atoms with E-state index in [1.165, 1.54) is 0 Å². The lowest BCUT2D eigenvalue weighted by Gasteiger charge is -2.33. The molecule has 0 fully saturated rings. The zero-order chi connectivity index (χ0) is 11.7. The monoisotopic (exact) mass is 218 g/mol. The summed E-state index contributed by atoms with van der Waals surface area (Å²) in [5.74, 6) is 0.510. The standard InChI is InChI=1S/C12H26O3/c1-5-6-12(4,11(2)3)15-10-9-14-8-7-13/h11,13H,5-10H2,1-4H3. The predicted octanol–water partition coefficient (Wildman–Crippen LogP) is 2.23. The largest absolute Gasteiger partial charge is 0.394 e. The second-order valence-corrected chi connectivity index (χ2v) is 4.40. The summed E-state index contributed by atoms with van der Waals surface area (Å²) in [6, 6.07) is 0. The van der Waals surface area contributed by atoms with Crippen LogP contribution in [0.25, 0.3) is 0 Å². The highest BCUT2D eigenvalue weighted by Gasteiger charge is 2.27. The lowest BCUT2D eigenvalue weighted by Crippen LogP contribution is -2.36. The number of hydrogen-bond acceptors (Lipinski definition) is 3. The minimum Gasteiger partial charge on any atom is -0.394 e. The third kappa shape index (κ3) is 6.13. The van der Waals surface area contributed by atoms with Gasteiger partial charge in [0.05, 0.1) is 32.0 Å². The minimum absolute atomic E-state index is 0.0443. The quantitative estimate of drug-likeness (QED) is 0.603. The van der Waals surface area contributed by atoms with Crippen molar-refractivity contribution in [1.82, 2.24) is 0 Å². The van der Waals surface area contributed by atoms with E-state index in [0.29, 0.717) is 25.7 Å². The van der Waals surface area contributed by atoms with E-state index in [-0.39, 0.29) is 12.2 Å². The van der Waals surface area contributed by atoms with Gasteiger partial charge in [-0.05, 0) is 19.3 Å². The van der Waals surface area contributed by atoms with Gasteiger partial charge < -0.3 is 14.6 Å². The molecular weight excluding hydrogens is 192 g/mol. The van der Waals surface area contributed by atoms with Crippen molar-refractivity contribution in [3.63, 3.8) is 0 Å². The summed E-state index contributed by atoms with van der Waals surface area (Å²) in [5, 5.41) is 8.53. The molecule has 0 saturated carbocycles. The van der Waals surface area contributed by atoms with Gasteiger partial charge in [0.15, 0.2) is 0 Å². The molecule has 0 bridgehead atoms. The zero-order valence-electron chi connectivity index (χ0n) is 10.6. The highest BCUT2D eigenvalue weighted by molar-refractivity contribution is 4.78. The van der Waals surface area contributed by atoms with Crippen molar-refractivity contribution in [3.05, 3.63) is 0 Å². The Bertz CT molecular complexity index is 148. The summed E-state index contributed by atoms with van der Waals surface area (Å²) in [7, 11) is 0. The molecule has 1 atom stereocenters. The Kier molecular flexibility index (Phi) is 8.02. The van der Waals surface area contributed by atoms with Gasteiger partial charge in [-0.1, -0.05) is 27.2 Å². The van der Waals surface area contributed by atoms with Crippen LogP contribution in [-0.2, 0) is 9.47 Å². The van der Waals surface area contributed by atoms with Gasteiger partial charge in [0, 0.05) is 0 Å². The van der Waals surface area contributed by atoms with E-state index in [2.05, 4.69) is 27.7 Å². The molecule has 1 N–H and O–H groups in total. The summed E-state index contributed by atoms with van der Waals surface area (Å²) >= 11 is 0. The molecule has 0 saturated heterocycles. The Balaban J connectivity index is 3.76. The number of hydrogen-bond donors (Lipinski definition) is 1. The van der Waals surface area contributed by atoms with Crippen LogP contribution in [0.5, 0.6) is 0 Å². The number of aliphatic hydroxyl groups excluding tert-OH is 1. The highest BCUT2D eigenvalue weighted by atomic mass is 16.5. The van der Waals surface area contributed by atoms with Crippen LogP contribution in [0.3, 0.4) is 0 Å². The normalized spacial score (nSPS) is 15.6. The Hall–Kier alpha value is -0.120. The lowest BCUT2D eigenvalue weighted by molar-refractivity contribution is -0.0897. The van der Waals surface area contributed by atoms with Crippen molar-refractivity contribution in [3.8, 4) is 0 Å². The molecule has 15 heavy (non-hydrogen) atoms. The zero-order valence-corrected chi connectivity index (χ0v) is 10.6. The Labute approximate surface area is 93.8 Å². The number of ether oxygens (including phenoxy) is 2. The molecule has 92 valence electrons. The van der Waals surface area contributed by atoms with E-state index in [0.717, 1.165) is 12.8 Å². The van der Waals surface area contributed by atoms with Crippen LogP contribution in [0, 0.1) is 5.92 Å². The molecule has 0 rings (SSSR count). The van der Waals surface area contributed by atoms with Crippen LogP contribution in [0.15, 0.2) is 0 Å². The van der Waals surface area contributed by atoms with E-state index in [9.17, 15) is 0 Å². The van der Waals surface area contributed by atoms with Crippen LogP contribution in [-0.4, -0.2) is 37.1 Å². The van der Waals surface area contributed by atoms with Crippen molar-refractivity contribution in [2.24, 2.45) is 5.92 Å². The fourth-order valence-corrected chi connectivity index (χ4v) is 1.52. The molecule has 0 aromatic heterocycles. The van der Waals surface area contributed by atoms with Crippen molar-refractivity contribution >= 4 is 0 Å². The van der Waals surface area contributed by atoms with E-state index in [1.807, 2.05) is 0 Å². The summed E-state index contributed by atoms with van der Waals surface area (Å²) in [6.45, 7) is 10.3. The Morgan fingerprint density at radius 1 is 1.20 bits per heavy atom. The van der Waals surface area contributed by atoms with Crippen LogP contribution in [0.4, 0.5) is 0 Å². The van der Waals surface area contributed by atoms with Crippen molar-refractivity contribution in [2.45, 2.75) is 46.1 Å². The second-order valence-electron chi connectivity index (χ2n) is 4.40. The molecule has 0 spiro atoms. The molecular formula is C12H26O3. The second kappa shape index (κ2) is 8.08. The molecule has 0 aromatic carbocycles. The van der Waals surface area contributed by atoms with Crippen LogP contribution >= 0.6 is 0 Å². The third-order valence-electron chi connectivity index (χ3n) is 2.86. The molecule has 1 unspecified atom stereocenters. The van der Waals surface area contributed by atoms with Crippen molar-refractivity contribution in [2.75, 3.05) is 26.4 Å². The minimum atomic E-state index is -0.0443. The SMILES string of the molecule is CCCC(C)(OCCOCCO)C(C)C. The topological polar surface area (TPSA) is 38.7 Å². The Morgan fingerprint density at radius 2 is 1.87 bits per heavy atom. The van der Waals surface area contributed by atoms with Gasteiger partial charge in [0.1, 0.15) is 0 Å². The van der Waals surface area contributed by atoms with Gasteiger partial charge in [-0.2, -0.15) is 0 Å². The van der Waals surface area contributed by atoms with Crippen LogP contribution < -0.4 is 0 Å². The Morgan fingerprint density at radius 3 is 2.33 bits per heavy atom. The predicted molar refractivity (Wildman–Crippen MR) is 62.0 cm³/mol. The van der Waals surface area contributed by atoms with Crippen LogP contribution in [0.2, 0.25) is 0 Å². The number of aliphatic hydroxyl groups is 1. The first kappa shape index (κ1) is 14.9. The van der Waals surface area contributed by atoms with Gasteiger partial charge in [0.25, 0.3) is 0 Å². The third-order valence-corrected chi connectivity index (χ3v) is 2.86. The summed E-state index contributed by atoms with van der Waals surface area (Å²) in [6.07, 6.45) is 2.21. The van der Waals surface area contributed by atoms with Gasteiger partial charge >= 0.3 is 0 Å². The fourth-order valence-electron chi connectivity index (χ4n) is 1.52. The molecule has 3 nitrogen and oxygen atoms in total. The van der Waals surface area contributed by atoms with Gasteiger partial charge in [0.2, 0.25) is 0 Å². The first-order valence-electron chi connectivity index (χ1n) is 5.89. The summed E-state index contributed by atoms with van der Waals surface area (Å²) < 4.78 is 11.0. The molecule has 0 aromatic rings. The maximum atomic E-state index is 8.53. The molecule has 3 heteroatoms. The van der Waals surface area contributed by atoms with E-state index in [4.69, 9.17) is 14.6 Å². The molecule has 0 aliphatic heterocycles. The van der Waals surface area contributed by atoms with E-state index < -0.39 is 0 Å². The average molecular weight is 218 g/mol. The summed E-state index contributed by atoms with van der Waals surface area (Å²) in [5.41, 5.74) is -0.0443. The van der Waals surface area contributed by atoms with E-state index in [1.54, 1.807) is 0 Å². The van der Waals surface area contributed by atoms with Crippen molar-refractivity contribution < 1.29 is 14.6 Å². The number of rotatable bonds is 9. The van der Waals surface area contributed by atoms with Gasteiger partial charge in [-0.25, -0.2) is 0 Å². The molecule has 0 aliphatic carbocycles.